The van der Waals surface area contributed by atoms with Gasteiger partial charge in [0.15, 0.2) is 0 Å². The van der Waals surface area contributed by atoms with E-state index in [1.807, 2.05) is 7.05 Å². The van der Waals surface area contributed by atoms with Crippen LogP contribution in [0.1, 0.15) is 49.4 Å². The fraction of sp³-hybridized carbons (Fsp3) is 0.471. The summed E-state index contributed by atoms with van der Waals surface area (Å²) in [7, 11) is 2.03. The summed E-state index contributed by atoms with van der Waals surface area (Å²) in [6.45, 7) is 6.64. The molecule has 0 aliphatic rings. The SMILES string of the molecule is CNC(C)(CCc1ccccc1)c1nc(C(C)C)cs1. The second kappa shape index (κ2) is 6.51. The van der Waals surface area contributed by atoms with E-state index in [4.69, 9.17) is 4.98 Å². The third kappa shape index (κ3) is 3.47. The van der Waals surface area contributed by atoms with Gasteiger partial charge in [0, 0.05) is 5.38 Å². The molecule has 0 aliphatic carbocycles. The highest BCUT2D eigenvalue weighted by Gasteiger charge is 2.28. The average Bonchev–Trinajstić information content (AvgIpc) is 2.96. The number of nitrogens with zero attached hydrogens (tertiary/aromatic N) is 1. The van der Waals surface area contributed by atoms with Crippen LogP contribution >= 0.6 is 11.3 Å². The van der Waals surface area contributed by atoms with Gasteiger partial charge in [0.2, 0.25) is 0 Å². The molecule has 1 atom stereocenters. The van der Waals surface area contributed by atoms with Crippen LogP contribution in [0.2, 0.25) is 0 Å². The zero-order valence-corrected chi connectivity index (χ0v) is 13.6. The van der Waals surface area contributed by atoms with Crippen LogP contribution in [-0.4, -0.2) is 12.0 Å². The Morgan fingerprint density at radius 2 is 1.95 bits per heavy atom. The lowest BCUT2D eigenvalue weighted by molar-refractivity contribution is 0.367. The molecule has 2 nitrogen and oxygen atoms in total. The van der Waals surface area contributed by atoms with Crippen molar-refractivity contribution in [2.45, 2.75) is 45.1 Å². The predicted molar refractivity (Wildman–Crippen MR) is 87.4 cm³/mol. The molecule has 0 saturated carbocycles. The maximum Gasteiger partial charge on any atom is 0.113 e. The van der Waals surface area contributed by atoms with Crippen molar-refractivity contribution >= 4 is 11.3 Å². The summed E-state index contributed by atoms with van der Waals surface area (Å²) in [5, 5.41) is 6.85. The molecule has 3 heteroatoms. The summed E-state index contributed by atoms with van der Waals surface area (Å²) in [5.74, 6) is 0.496. The number of aryl methyl sites for hydroxylation is 1. The van der Waals surface area contributed by atoms with Crippen molar-refractivity contribution in [3.63, 3.8) is 0 Å². The number of rotatable bonds is 6. The summed E-state index contributed by atoms with van der Waals surface area (Å²) in [5.41, 5.74) is 2.54. The van der Waals surface area contributed by atoms with E-state index in [-0.39, 0.29) is 5.54 Å². The molecule has 0 spiro atoms. The maximum atomic E-state index is 4.82. The van der Waals surface area contributed by atoms with Crippen LogP contribution in [0.5, 0.6) is 0 Å². The Labute approximate surface area is 126 Å². The number of hydrogen-bond acceptors (Lipinski definition) is 3. The fourth-order valence-corrected chi connectivity index (χ4v) is 3.36. The van der Waals surface area contributed by atoms with Crippen molar-refractivity contribution in [2.24, 2.45) is 0 Å². The highest BCUT2D eigenvalue weighted by Crippen LogP contribution is 2.30. The molecule has 108 valence electrons. The van der Waals surface area contributed by atoms with Crippen LogP contribution in [0.15, 0.2) is 35.7 Å². The molecule has 20 heavy (non-hydrogen) atoms. The number of hydrogen-bond donors (Lipinski definition) is 1. The van der Waals surface area contributed by atoms with Gasteiger partial charge in [-0.1, -0.05) is 44.2 Å². The molecule has 2 aromatic rings. The summed E-state index contributed by atoms with van der Waals surface area (Å²) >= 11 is 1.77. The second-order valence-electron chi connectivity index (χ2n) is 5.80. The quantitative estimate of drug-likeness (QED) is 0.855. The van der Waals surface area contributed by atoms with Crippen LogP contribution in [-0.2, 0) is 12.0 Å². The Morgan fingerprint density at radius 3 is 2.50 bits per heavy atom. The summed E-state index contributed by atoms with van der Waals surface area (Å²) < 4.78 is 0. The third-order valence-corrected chi connectivity index (χ3v) is 5.02. The van der Waals surface area contributed by atoms with Gasteiger partial charge in [-0.25, -0.2) is 4.98 Å². The first kappa shape index (κ1) is 15.2. The van der Waals surface area contributed by atoms with Gasteiger partial charge in [0.05, 0.1) is 11.2 Å². The van der Waals surface area contributed by atoms with E-state index in [9.17, 15) is 0 Å². The molecule has 1 aromatic heterocycles. The topological polar surface area (TPSA) is 24.9 Å². The lowest BCUT2D eigenvalue weighted by Crippen LogP contribution is -2.37. The van der Waals surface area contributed by atoms with E-state index in [1.165, 1.54) is 16.3 Å². The molecule has 0 amide bonds. The van der Waals surface area contributed by atoms with Crippen LogP contribution < -0.4 is 5.32 Å². The first-order valence-electron chi connectivity index (χ1n) is 7.24. The van der Waals surface area contributed by atoms with Gasteiger partial charge in [0.1, 0.15) is 5.01 Å². The first-order valence-corrected chi connectivity index (χ1v) is 8.12. The summed E-state index contributed by atoms with van der Waals surface area (Å²) in [6.07, 6.45) is 2.12. The predicted octanol–water partition coefficient (Wildman–Crippen LogP) is 4.33. The van der Waals surface area contributed by atoms with Gasteiger partial charge in [-0.2, -0.15) is 0 Å². The highest BCUT2D eigenvalue weighted by atomic mass is 32.1. The van der Waals surface area contributed by atoms with Gasteiger partial charge in [-0.15, -0.1) is 11.3 Å². The Kier molecular flexibility index (Phi) is 4.95. The molecule has 2 rings (SSSR count). The van der Waals surface area contributed by atoms with Crippen LogP contribution in [0.4, 0.5) is 0 Å². The molecule has 1 aromatic carbocycles. The molecular weight excluding hydrogens is 264 g/mol. The fourth-order valence-electron chi connectivity index (χ4n) is 2.18. The van der Waals surface area contributed by atoms with E-state index >= 15 is 0 Å². The van der Waals surface area contributed by atoms with Gasteiger partial charge >= 0.3 is 0 Å². The van der Waals surface area contributed by atoms with Crippen molar-refractivity contribution in [3.05, 3.63) is 52.0 Å². The lowest BCUT2D eigenvalue weighted by Gasteiger charge is -2.27. The molecule has 0 bridgehead atoms. The second-order valence-corrected chi connectivity index (χ2v) is 6.66. The minimum absolute atomic E-state index is 0.0480. The van der Waals surface area contributed by atoms with E-state index in [0.29, 0.717) is 5.92 Å². The Bertz CT molecular complexity index is 533. The molecule has 1 N–H and O–H groups in total. The minimum Gasteiger partial charge on any atom is -0.309 e. The molecule has 0 radical (unpaired) electrons. The standard InChI is InChI=1S/C17H24N2S/c1-13(2)15-12-20-16(19-15)17(3,18-4)11-10-14-8-6-5-7-9-14/h5-9,12-13,18H,10-11H2,1-4H3. The molecule has 0 aliphatic heterocycles. The zero-order valence-electron chi connectivity index (χ0n) is 12.8. The molecular formula is C17H24N2S. The van der Waals surface area contributed by atoms with Crippen molar-refractivity contribution in [1.29, 1.82) is 0 Å². The number of aromatic nitrogens is 1. The molecule has 0 saturated heterocycles. The minimum atomic E-state index is -0.0480. The first-order chi connectivity index (χ1) is 9.55. The van der Waals surface area contributed by atoms with E-state index in [1.54, 1.807) is 11.3 Å². The van der Waals surface area contributed by atoms with E-state index in [2.05, 4.69) is 61.8 Å². The Hall–Kier alpha value is -1.19. The Morgan fingerprint density at radius 1 is 1.25 bits per heavy atom. The monoisotopic (exact) mass is 288 g/mol. The normalized spacial score (nSPS) is 14.4. The highest BCUT2D eigenvalue weighted by molar-refractivity contribution is 7.09. The molecule has 1 heterocycles. The van der Waals surface area contributed by atoms with Crippen LogP contribution in [0.25, 0.3) is 0 Å². The van der Waals surface area contributed by atoms with Crippen molar-refractivity contribution in [3.8, 4) is 0 Å². The van der Waals surface area contributed by atoms with Gasteiger partial charge < -0.3 is 5.32 Å². The maximum absolute atomic E-state index is 4.82. The van der Waals surface area contributed by atoms with Crippen molar-refractivity contribution in [2.75, 3.05) is 7.05 Å². The molecule has 0 fully saturated rings. The third-order valence-electron chi connectivity index (χ3n) is 3.89. The molecule has 1 unspecified atom stereocenters. The number of nitrogens with one attached hydrogen (secondary N) is 1. The largest absolute Gasteiger partial charge is 0.309 e. The van der Waals surface area contributed by atoms with Crippen molar-refractivity contribution < 1.29 is 0 Å². The number of benzene rings is 1. The van der Waals surface area contributed by atoms with Crippen LogP contribution in [0, 0.1) is 0 Å². The summed E-state index contributed by atoms with van der Waals surface area (Å²) in [6, 6.07) is 10.7. The van der Waals surface area contributed by atoms with Gasteiger partial charge in [-0.3, -0.25) is 0 Å². The zero-order chi connectivity index (χ0) is 14.6. The average molecular weight is 288 g/mol. The van der Waals surface area contributed by atoms with Crippen LogP contribution in [0.3, 0.4) is 0 Å². The van der Waals surface area contributed by atoms with Gasteiger partial charge in [-0.05, 0) is 38.3 Å². The van der Waals surface area contributed by atoms with Gasteiger partial charge in [0.25, 0.3) is 0 Å². The lowest BCUT2D eigenvalue weighted by atomic mass is 9.94. The number of thiazole rings is 1. The van der Waals surface area contributed by atoms with Crippen molar-refractivity contribution in [1.82, 2.24) is 10.3 Å². The summed E-state index contributed by atoms with van der Waals surface area (Å²) in [4.78, 5) is 4.82. The van der Waals surface area contributed by atoms with E-state index < -0.39 is 0 Å². The Balaban J connectivity index is 2.11. The smallest absolute Gasteiger partial charge is 0.113 e. The van der Waals surface area contributed by atoms with E-state index in [0.717, 1.165) is 12.8 Å².